The topological polar surface area (TPSA) is 20.3 Å². The molecular weight excluding hydrogens is 242 g/mol. The van der Waals surface area contributed by atoms with E-state index in [4.69, 9.17) is 0 Å². The third-order valence-corrected chi connectivity index (χ3v) is 4.07. The van der Waals surface area contributed by atoms with E-state index in [1.165, 1.54) is 18.5 Å². The average molecular weight is 257 g/mol. The van der Waals surface area contributed by atoms with Gasteiger partial charge in [0.1, 0.15) is 0 Å². The first-order valence-corrected chi connectivity index (χ1v) is 7.21. The van der Waals surface area contributed by atoms with Gasteiger partial charge in [0.15, 0.2) is 5.78 Å². The first-order chi connectivity index (χ1) is 8.84. The van der Waals surface area contributed by atoms with Crippen molar-refractivity contribution in [1.82, 2.24) is 0 Å². The van der Waals surface area contributed by atoms with Gasteiger partial charge in [-0.25, -0.2) is 0 Å². The molecule has 1 aliphatic rings. The molecule has 2 nitrogen and oxygen atoms in total. The molecule has 0 N–H and O–H groups in total. The third kappa shape index (κ3) is 2.18. The number of carbonyl (C=O) groups is 1. The Morgan fingerprint density at radius 2 is 1.72 bits per heavy atom. The van der Waals surface area contributed by atoms with Crippen LogP contribution in [-0.4, -0.2) is 18.9 Å². The van der Waals surface area contributed by atoms with Crippen molar-refractivity contribution in [2.75, 3.05) is 18.0 Å². The smallest absolute Gasteiger partial charge is 0.193 e. The lowest BCUT2D eigenvalue weighted by molar-refractivity contribution is 0.103. The van der Waals surface area contributed by atoms with Gasteiger partial charge < -0.3 is 4.90 Å². The Morgan fingerprint density at radius 1 is 1.00 bits per heavy atom. The van der Waals surface area contributed by atoms with Crippen molar-refractivity contribution >= 4 is 22.8 Å². The van der Waals surface area contributed by atoms with Gasteiger partial charge in [-0.1, -0.05) is 0 Å². The summed E-state index contributed by atoms with van der Waals surface area (Å²) in [5, 5.41) is 3.84. The van der Waals surface area contributed by atoms with E-state index >= 15 is 0 Å². The number of hydrogen-bond acceptors (Lipinski definition) is 3. The zero-order valence-corrected chi connectivity index (χ0v) is 11.0. The maximum absolute atomic E-state index is 12.1. The fourth-order valence-corrected chi connectivity index (χ4v) is 3.00. The standard InChI is InChI=1S/C15H15NOS/c17-15(13-7-10-18-11-13)12-3-5-14(6-4-12)16-8-1-2-9-16/h3-7,10-11H,1-2,8-9H2. The van der Waals surface area contributed by atoms with Gasteiger partial charge >= 0.3 is 0 Å². The first kappa shape index (κ1) is 11.5. The second-order valence-corrected chi connectivity index (χ2v) is 5.36. The number of carbonyl (C=O) groups excluding carboxylic acids is 1. The van der Waals surface area contributed by atoms with E-state index in [0.717, 1.165) is 24.2 Å². The van der Waals surface area contributed by atoms with Crippen LogP contribution >= 0.6 is 11.3 Å². The van der Waals surface area contributed by atoms with Crippen LogP contribution < -0.4 is 4.90 Å². The Kier molecular flexibility index (Phi) is 3.15. The van der Waals surface area contributed by atoms with Crippen LogP contribution in [0.15, 0.2) is 41.1 Å². The molecule has 1 fully saturated rings. The van der Waals surface area contributed by atoms with Crippen LogP contribution in [0.4, 0.5) is 5.69 Å². The second-order valence-electron chi connectivity index (χ2n) is 4.58. The summed E-state index contributed by atoms with van der Waals surface area (Å²) in [6.07, 6.45) is 2.55. The lowest BCUT2D eigenvalue weighted by atomic mass is 10.1. The summed E-state index contributed by atoms with van der Waals surface area (Å²) in [6, 6.07) is 9.87. The van der Waals surface area contributed by atoms with Crippen LogP contribution in [0, 0.1) is 0 Å². The summed E-state index contributed by atoms with van der Waals surface area (Å²) >= 11 is 1.56. The molecule has 0 amide bonds. The van der Waals surface area contributed by atoms with E-state index in [0.29, 0.717) is 0 Å². The second kappa shape index (κ2) is 4.94. The van der Waals surface area contributed by atoms with E-state index in [9.17, 15) is 4.79 Å². The van der Waals surface area contributed by atoms with E-state index < -0.39 is 0 Å². The number of benzene rings is 1. The minimum Gasteiger partial charge on any atom is -0.372 e. The van der Waals surface area contributed by atoms with Crippen LogP contribution in [0.25, 0.3) is 0 Å². The van der Waals surface area contributed by atoms with Gasteiger partial charge in [0, 0.05) is 35.3 Å². The van der Waals surface area contributed by atoms with Gasteiger partial charge in [0.2, 0.25) is 0 Å². The van der Waals surface area contributed by atoms with Gasteiger partial charge in [0.05, 0.1) is 0 Å². The van der Waals surface area contributed by atoms with Crippen molar-refractivity contribution in [2.24, 2.45) is 0 Å². The number of hydrogen-bond donors (Lipinski definition) is 0. The molecule has 0 spiro atoms. The number of anilines is 1. The van der Waals surface area contributed by atoms with Crippen molar-refractivity contribution in [2.45, 2.75) is 12.8 Å². The average Bonchev–Trinajstić information content (AvgIpc) is 3.11. The van der Waals surface area contributed by atoms with Gasteiger partial charge in [-0.15, -0.1) is 0 Å². The molecule has 0 unspecified atom stereocenters. The Labute approximate surface area is 111 Å². The lowest BCUT2D eigenvalue weighted by Gasteiger charge is -2.17. The number of thiophene rings is 1. The van der Waals surface area contributed by atoms with Gasteiger partial charge in [0.25, 0.3) is 0 Å². The van der Waals surface area contributed by atoms with Crippen molar-refractivity contribution < 1.29 is 4.79 Å². The highest BCUT2D eigenvalue weighted by atomic mass is 32.1. The Bertz CT molecular complexity index is 524. The van der Waals surface area contributed by atoms with Crippen LogP contribution in [-0.2, 0) is 0 Å². The molecule has 0 atom stereocenters. The Hall–Kier alpha value is -1.61. The predicted octanol–water partition coefficient (Wildman–Crippen LogP) is 3.58. The summed E-state index contributed by atoms with van der Waals surface area (Å²) in [4.78, 5) is 14.5. The van der Waals surface area contributed by atoms with Crippen LogP contribution in [0.1, 0.15) is 28.8 Å². The largest absolute Gasteiger partial charge is 0.372 e. The molecule has 0 aliphatic carbocycles. The molecule has 92 valence electrons. The normalized spacial score (nSPS) is 15.0. The van der Waals surface area contributed by atoms with Gasteiger partial charge in [-0.05, 0) is 48.6 Å². The van der Waals surface area contributed by atoms with E-state index in [1.54, 1.807) is 11.3 Å². The summed E-state index contributed by atoms with van der Waals surface area (Å²) in [5.74, 6) is 0.115. The van der Waals surface area contributed by atoms with E-state index in [1.807, 2.05) is 29.0 Å². The van der Waals surface area contributed by atoms with E-state index in [2.05, 4.69) is 17.0 Å². The summed E-state index contributed by atoms with van der Waals surface area (Å²) in [6.45, 7) is 2.27. The fourth-order valence-electron chi connectivity index (χ4n) is 2.36. The molecule has 1 aliphatic heterocycles. The summed E-state index contributed by atoms with van der Waals surface area (Å²) in [7, 11) is 0. The molecule has 1 aromatic carbocycles. The molecule has 3 heteroatoms. The zero-order valence-electron chi connectivity index (χ0n) is 10.1. The zero-order chi connectivity index (χ0) is 12.4. The molecule has 1 aromatic heterocycles. The molecule has 0 bridgehead atoms. The molecule has 0 saturated carbocycles. The number of nitrogens with zero attached hydrogens (tertiary/aromatic N) is 1. The molecule has 2 aromatic rings. The fraction of sp³-hybridized carbons (Fsp3) is 0.267. The molecular formula is C15H15NOS. The van der Waals surface area contributed by atoms with Gasteiger partial charge in [-0.2, -0.15) is 11.3 Å². The molecule has 1 saturated heterocycles. The first-order valence-electron chi connectivity index (χ1n) is 6.26. The van der Waals surface area contributed by atoms with Crippen molar-refractivity contribution in [3.63, 3.8) is 0 Å². The maximum Gasteiger partial charge on any atom is 0.193 e. The maximum atomic E-state index is 12.1. The quantitative estimate of drug-likeness (QED) is 0.783. The summed E-state index contributed by atoms with van der Waals surface area (Å²) in [5.41, 5.74) is 2.79. The molecule has 2 heterocycles. The van der Waals surface area contributed by atoms with Crippen LogP contribution in [0.5, 0.6) is 0 Å². The Morgan fingerprint density at radius 3 is 2.33 bits per heavy atom. The monoisotopic (exact) mass is 257 g/mol. The van der Waals surface area contributed by atoms with Crippen molar-refractivity contribution in [3.05, 3.63) is 52.2 Å². The highest BCUT2D eigenvalue weighted by Gasteiger charge is 2.13. The highest BCUT2D eigenvalue weighted by Crippen LogP contribution is 2.21. The van der Waals surface area contributed by atoms with Gasteiger partial charge in [-0.3, -0.25) is 4.79 Å². The van der Waals surface area contributed by atoms with Crippen LogP contribution in [0.3, 0.4) is 0 Å². The van der Waals surface area contributed by atoms with Crippen molar-refractivity contribution in [1.29, 1.82) is 0 Å². The minimum atomic E-state index is 0.115. The lowest BCUT2D eigenvalue weighted by Crippen LogP contribution is -2.17. The molecule has 0 radical (unpaired) electrons. The third-order valence-electron chi connectivity index (χ3n) is 3.38. The van der Waals surface area contributed by atoms with Crippen LogP contribution in [0.2, 0.25) is 0 Å². The SMILES string of the molecule is O=C(c1ccc(N2CCCC2)cc1)c1ccsc1. The summed E-state index contributed by atoms with van der Waals surface area (Å²) < 4.78 is 0. The van der Waals surface area contributed by atoms with Crippen molar-refractivity contribution in [3.8, 4) is 0 Å². The Balaban J connectivity index is 1.80. The molecule has 18 heavy (non-hydrogen) atoms. The predicted molar refractivity (Wildman–Crippen MR) is 75.6 cm³/mol. The number of rotatable bonds is 3. The molecule has 3 rings (SSSR count). The van der Waals surface area contributed by atoms with E-state index in [-0.39, 0.29) is 5.78 Å². The minimum absolute atomic E-state index is 0.115. The highest BCUT2D eigenvalue weighted by molar-refractivity contribution is 7.08. The number of ketones is 1.